The normalized spacial score (nSPS) is 13.0. The van der Waals surface area contributed by atoms with Crippen LogP contribution in [0.2, 0.25) is 0 Å². The maximum atomic E-state index is 7.10. The Morgan fingerprint density at radius 1 is 0.426 bits per heavy atom. The lowest BCUT2D eigenvalue weighted by Gasteiger charge is -2.34. The van der Waals surface area contributed by atoms with Crippen molar-refractivity contribution in [3.05, 3.63) is 176 Å². The highest BCUT2D eigenvalue weighted by molar-refractivity contribution is 7.27. The second-order valence-corrected chi connectivity index (χ2v) is 15.4. The van der Waals surface area contributed by atoms with Crippen LogP contribution >= 0.6 is 11.3 Å². The van der Waals surface area contributed by atoms with Crippen LogP contribution in [0.3, 0.4) is 0 Å². The lowest BCUT2D eigenvalue weighted by molar-refractivity contribution is 0.469. The average molecular weight is 705 g/mol. The standard InChI is InChI=1S/C48H29B2NO2S/c1-6-22-40-32(15-1)33-16-2-7-23-41(33)51(40)31-14-11-13-30(29-31)49-36-19-4-9-25-43(36)53-47-38(49)27-28-44-46(47)50(37-20-5-8-24-42(37)52-44)39-21-12-18-35-34-17-3-10-26-45(34)54-48(35)39/h1-29H. The number of fused-ring (bicyclic) bond motifs is 11. The molecule has 54 heavy (non-hydrogen) atoms. The van der Waals surface area contributed by atoms with Crippen molar-refractivity contribution in [1.29, 1.82) is 0 Å². The molecule has 2 aliphatic heterocycles. The van der Waals surface area contributed by atoms with Gasteiger partial charge in [0.1, 0.15) is 23.0 Å². The van der Waals surface area contributed by atoms with Crippen LogP contribution in [0.15, 0.2) is 176 Å². The highest BCUT2D eigenvalue weighted by Crippen LogP contribution is 2.37. The van der Waals surface area contributed by atoms with Crippen LogP contribution in [0.4, 0.5) is 0 Å². The molecule has 6 heteroatoms. The Hall–Kier alpha value is -6.49. The molecule has 0 atom stereocenters. The molecule has 12 rings (SSSR count). The van der Waals surface area contributed by atoms with Gasteiger partial charge in [0.25, 0.3) is 13.4 Å². The first-order valence-electron chi connectivity index (χ1n) is 18.5. The average Bonchev–Trinajstić information content (AvgIpc) is 3.78. The Labute approximate surface area is 316 Å². The zero-order valence-electron chi connectivity index (χ0n) is 29.1. The Balaban J connectivity index is 1.10. The second-order valence-electron chi connectivity index (χ2n) is 14.3. The van der Waals surface area contributed by atoms with Crippen molar-refractivity contribution in [2.75, 3.05) is 0 Å². The van der Waals surface area contributed by atoms with E-state index < -0.39 is 0 Å². The van der Waals surface area contributed by atoms with Gasteiger partial charge in [-0.15, -0.1) is 11.3 Å². The summed E-state index contributed by atoms with van der Waals surface area (Å²) in [5.41, 5.74) is 10.6. The van der Waals surface area contributed by atoms with E-state index in [4.69, 9.17) is 9.47 Å². The quantitative estimate of drug-likeness (QED) is 0.173. The third-order valence-corrected chi connectivity index (χ3v) is 12.7. The number of benzene rings is 8. The first kappa shape index (κ1) is 30.0. The van der Waals surface area contributed by atoms with E-state index in [2.05, 4.69) is 180 Å². The van der Waals surface area contributed by atoms with Crippen molar-refractivity contribution in [2.24, 2.45) is 0 Å². The summed E-state index contributed by atoms with van der Waals surface area (Å²) >= 11 is 1.87. The van der Waals surface area contributed by atoms with Gasteiger partial charge in [0.05, 0.1) is 11.0 Å². The number of ether oxygens (including phenoxy) is 2. The van der Waals surface area contributed by atoms with Crippen LogP contribution < -0.4 is 42.3 Å². The Bertz CT molecular complexity index is 3110. The Kier molecular flexibility index (Phi) is 6.40. The van der Waals surface area contributed by atoms with Crippen LogP contribution in [0.25, 0.3) is 47.7 Å². The van der Waals surface area contributed by atoms with E-state index in [-0.39, 0.29) is 13.4 Å². The molecule has 4 heterocycles. The molecule has 0 radical (unpaired) electrons. The van der Waals surface area contributed by atoms with E-state index in [9.17, 15) is 0 Å². The number of rotatable bonds is 3. The van der Waals surface area contributed by atoms with Gasteiger partial charge in [-0.05, 0) is 70.3 Å². The molecule has 0 saturated heterocycles. The molecule has 3 nitrogen and oxygen atoms in total. The molecule has 0 bridgehead atoms. The van der Waals surface area contributed by atoms with E-state index in [1.165, 1.54) is 52.9 Å². The van der Waals surface area contributed by atoms with Gasteiger partial charge >= 0.3 is 0 Å². The monoisotopic (exact) mass is 705 g/mol. The Morgan fingerprint density at radius 2 is 1.04 bits per heavy atom. The molecule has 0 unspecified atom stereocenters. The third-order valence-electron chi connectivity index (χ3n) is 11.5. The van der Waals surface area contributed by atoms with Gasteiger partial charge in [-0.25, -0.2) is 0 Å². The van der Waals surface area contributed by atoms with Gasteiger partial charge in [0.2, 0.25) is 0 Å². The first-order valence-corrected chi connectivity index (χ1v) is 19.3. The molecule has 0 N–H and O–H groups in total. The van der Waals surface area contributed by atoms with Crippen molar-refractivity contribution in [2.45, 2.75) is 0 Å². The molecule has 0 amide bonds. The fourth-order valence-corrected chi connectivity index (χ4v) is 10.4. The Morgan fingerprint density at radius 3 is 1.83 bits per heavy atom. The highest BCUT2D eigenvalue weighted by Gasteiger charge is 2.42. The van der Waals surface area contributed by atoms with Crippen LogP contribution in [-0.4, -0.2) is 18.0 Å². The van der Waals surface area contributed by atoms with Crippen LogP contribution in [0.1, 0.15) is 0 Å². The molecule has 2 aromatic heterocycles. The fourth-order valence-electron chi connectivity index (χ4n) is 9.20. The van der Waals surface area contributed by atoms with Gasteiger partial charge in [0.15, 0.2) is 0 Å². The number of thiophene rings is 1. The molecule has 0 saturated carbocycles. The smallest absolute Gasteiger partial charge is 0.257 e. The first-order chi connectivity index (χ1) is 26.8. The lowest BCUT2D eigenvalue weighted by Crippen LogP contribution is -2.60. The van der Waals surface area contributed by atoms with Crippen LogP contribution in [0.5, 0.6) is 23.0 Å². The number of hydrogen-bond acceptors (Lipinski definition) is 3. The molecule has 8 aromatic carbocycles. The zero-order valence-corrected chi connectivity index (χ0v) is 29.9. The van der Waals surface area contributed by atoms with Crippen molar-refractivity contribution < 1.29 is 9.47 Å². The fraction of sp³-hybridized carbons (Fsp3) is 0. The summed E-state index contributed by atoms with van der Waals surface area (Å²) in [6.45, 7) is -0.146. The van der Waals surface area contributed by atoms with Crippen molar-refractivity contribution in [3.63, 3.8) is 0 Å². The minimum atomic E-state index is -0.0912. The predicted molar refractivity (Wildman–Crippen MR) is 229 cm³/mol. The van der Waals surface area contributed by atoms with Gasteiger partial charge < -0.3 is 14.0 Å². The second kappa shape index (κ2) is 11.5. The van der Waals surface area contributed by atoms with Crippen LogP contribution in [0, 0.1) is 0 Å². The van der Waals surface area contributed by atoms with E-state index in [1.807, 2.05) is 11.3 Å². The van der Waals surface area contributed by atoms with Gasteiger partial charge in [0, 0.05) is 36.7 Å². The van der Waals surface area contributed by atoms with E-state index in [0.29, 0.717) is 0 Å². The maximum Gasteiger partial charge on any atom is 0.257 e. The summed E-state index contributed by atoms with van der Waals surface area (Å²) in [6.07, 6.45) is 0. The highest BCUT2D eigenvalue weighted by atomic mass is 32.1. The lowest BCUT2D eigenvalue weighted by atomic mass is 9.32. The van der Waals surface area contributed by atoms with Gasteiger partial charge in [-0.3, -0.25) is 0 Å². The molecule has 0 spiro atoms. The van der Waals surface area contributed by atoms with Crippen LogP contribution in [-0.2, 0) is 0 Å². The van der Waals surface area contributed by atoms with Crippen molar-refractivity contribution in [3.8, 4) is 28.7 Å². The van der Waals surface area contributed by atoms with Gasteiger partial charge in [-0.2, -0.15) is 0 Å². The molecular weight excluding hydrogens is 676 g/mol. The molecule has 10 aromatic rings. The maximum absolute atomic E-state index is 7.10. The summed E-state index contributed by atoms with van der Waals surface area (Å²) in [4.78, 5) is 0. The van der Waals surface area contributed by atoms with Crippen molar-refractivity contribution >= 4 is 99.5 Å². The molecule has 2 aliphatic rings. The molecule has 0 fully saturated rings. The number of aromatic nitrogens is 1. The SMILES string of the molecule is c1cc(B2c3ccccc3Oc3c2ccc2c3B(c3cccc4c3sc3ccccc34)c3ccccc3O2)cc(-n2c3ccccc3c3ccccc32)c1. The largest absolute Gasteiger partial charge is 0.459 e. The summed E-state index contributed by atoms with van der Waals surface area (Å²) in [5.74, 6) is 3.49. The van der Waals surface area contributed by atoms with E-state index in [1.54, 1.807) is 0 Å². The number of nitrogens with zero attached hydrogens (tertiary/aromatic N) is 1. The minimum Gasteiger partial charge on any atom is -0.459 e. The third kappa shape index (κ3) is 4.26. The van der Waals surface area contributed by atoms with Crippen molar-refractivity contribution in [1.82, 2.24) is 4.57 Å². The van der Waals surface area contributed by atoms with E-state index >= 15 is 0 Å². The summed E-state index contributed by atoms with van der Waals surface area (Å²) in [7, 11) is 0. The summed E-state index contributed by atoms with van der Waals surface area (Å²) < 4.78 is 18.9. The predicted octanol–water partition coefficient (Wildman–Crippen LogP) is 8.40. The summed E-state index contributed by atoms with van der Waals surface area (Å²) in [6, 6.07) is 63.4. The topological polar surface area (TPSA) is 23.4 Å². The number of para-hydroxylation sites is 4. The number of hydrogen-bond donors (Lipinski definition) is 0. The molecule has 0 aliphatic carbocycles. The van der Waals surface area contributed by atoms with E-state index in [0.717, 1.165) is 50.5 Å². The summed E-state index contributed by atoms with van der Waals surface area (Å²) in [5, 5.41) is 5.09. The molecular formula is C48H29B2NO2S. The molecule has 250 valence electrons. The zero-order chi connectivity index (χ0) is 35.3. The minimum absolute atomic E-state index is 0.0544. The van der Waals surface area contributed by atoms with Gasteiger partial charge in [-0.1, -0.05) is 138 Å².